The minimum absolute atomic E-state index is 0.617. The van der Waals surface area contributed by atoms with Gasteiger partial charge < -0.3 is 9.32 Å². The number of para-hydroxylation sites is 3. The summed E-state index contributed by atoms with van der Waals surface area (Å²) in [5, 5.41) is 2.21. The van der Waals surface area contributed by atoms with Gasteiger partial charge in [0.25, 0.3) is 0 Å². The third kappa shape index (κ3) is 5.43. The standard InChI is InChI=1S/C52H34N4O/c1-33-16-8-12-27-44(33)56-45-31-30-36(52-54-50(34-17-4-2-5-18-34)53-51(55-52)35-19-6-3-7-20-35)32-43(45)38-22-10-9-21-37(38)40-25-14-26-41(49(40)56)39-24-15-29-47-48(39)42-23-11-13-28-46(42)57-47/h2-32H,1H3. The number of nitrogens with zero attached hydrogens (tertiary/aromatic N) is 4. The Hall–Kier alpha value is -7.63. The van der Waals surface area contributed by atoms with E-state index in [1.807, 2.05) is 72.8 Å². The smallest absolute Gasteiger partial charge is 0.164 e. The van der Waals surface area contributed by atoms with Crippen molar-refractivity contribution in [2.45, 2.75) is 6.92 Å². The van der Waals surface area contributed by atoms with Gasteiger partial charge in [0.2, 0.25) is 0 Å². The zero-order valence-corrected chi connectivity index (χ0v) is 31.1. The maximum atomic E-state index is 6.42. The second-order valence-electron chi connectivity index (χ2n) is 14.4. The maximum Gasteiger partial charge on any atom is 0.164 e. The lowest BCUT2D eigenvalue weighted by atomic mass is 9.90. The molecule has 0 amide bonds. The molecule has 1 aliphatic rings. The van der Waals surface area contributed by atoms with Gasteiger partial charge in [-0.2, -0.15) is 0 Å². The summed E-state index contributed by atoms with van der Waals surface area (Å²) in [6.07, 6.45) is 0. The highest BCUT2D eigenvalue weighted by molar-refractivity contribution is 6.16. The van der Waals surface area contributed by atoms with Crippen LogP contribution >= 0.6 is 0 Å². The first-order valence-electron chi connectivity index (χ1n) is 19.2. The molecule has 0 unspecified atom stereocenters. The van der Waals surface area contributed by atoms with E-state index in [0.29, 0.717) is 17.5 Å². The molecule has 3 heterocycles. The van der Waals surface area contributed by atoms with Crippen molar-refractivity contribution in [3.05, 3.63) is 194 Å². The van der Waals surface area contributed by atoms with Gasteiger partial charge in [-0.3, -0.25) is 0 Å². The van der Waals surface area contributed by atoms with E-state index in [9.17, 15) is 0 Å². The van der Waals surface area contributed by atoms with Crippen LogP contribution in [0.5, 0.6) is 0 Å². The number of rotatable bonds is 5. The Labute approximate surface area is 330 Å². The van der Waals surface area contributed by atoms with Crippen molar-refractivity contribution in [1.29, 1.82) is 0 Å². The van der Waals surface area contributed by atoms with E-state index in [0.717, 1.165) is 89.1 Å². The van der Waals surface area contributed by atoms with Crippen molar-refractivity contribution in [1.82, 2.24) is 15.0 Å². The van der Waals surface area contributed by atoms with Gasteiger partial charge in [-0.1, -0.05) is 152 Å². The van der Waals surface area contributed by atoms with Gasteiger partial charge in [-0.25, -0.2) is 15.0 Å². The number of hydrogen-bond donors (Lipinski definition) is 0. The van der Waals surface area contributed by atoms with Gasteiger partial charge in [0, 0.05) is 49.8 Å². The fraction of sp³-hybridized carbons (Fsp3) is 0.0192. The average Bonchev–Trinajstić information content (AvgIpc) is 3.61. The minimum Gasteiger partial charge on any atom is -0.456 e. The molecule has 57 heavy (non-hydrogen) atoms. The van der Waals surface area contributed by atoms with Crippen molar-refractivity contribution in [3.63, 3.8) is 0 Å². The molecule has 268 valence electrons. The topological polar surface area (TPSA) is 55.1 Å². The van der Waals surface area contributed by atoms with Gasteiger partial charge in [0.1, 0.15) is 11.2 Å². The molecule has 0 aliphatic carbocycles. The van der Waals surface area contributed by atoms with E-state index >= 15 is 0 Å². The Kier molecular flexibility index (Phi) is 7.64. The lowest BCUT2D eigenvalue weighted by molar-refractivity contribution is 0.669. The lowest BCUT2D eigenvalue weighted by Gasteiger charge is -2.31. The van der Waals surface area contributed by atoms with Crippen molar-refractivity contribution in [2.75, 3.05) is 4.90 Å². The monoisotopic (exact) mass is 730 g/mol. The van der Waals surface area contributed by atoms with E-state index in [1.54, 1.807) is 0 Å². The predicted octanol–water partition coefficient (Wildman–Crippen LogP) is 13.9. The summed E-state index contributed by atoms with van der Waals surface area (Å²) in [7, 11) is 0. The largest absolute Gasteiger partial charge is 0.456 e. The maximum absolute atomic E-state index is 6.42. The van der Waals surface area contributed by atoms with E-state index in [2.05, 4.69) is 127 Å². The summed E-state index contributed by atoms with van der Waals surface area (Å²) in [6.45, 7) is 2.19. The molecule has 2 aromatic heterocycles. The molecule has 11 rings (SSSR count). The Morgan fingerprint density at radius 3 is 1.63 bits per heavy atom. The molecule has 0 spiro atoms. The van der Waals surface area contributed by atoms with Crippen molar-refractivity contribution < 1.29 is 4.42 Å². The quantitative estimate of drug-likeness (QED) is 0.176. The number of benzene rings is 8. The predicted molar refractivity (Wildman–Crippen MR) is 233 cm³/mol. The van der Waals surface area contributed by atoms with E-state index in [-0.39, 0.29) is 0 Å². The highest BCUT2D eigenvalue weighted by atomic mass is 16.3. The zero-order valence-electron chi connectivity index (χ0n) is 31.1. The first-order chi connectivity index (χ1) is 28.2. The second kappa shape index (κ2) is 13.3. The van der Waals surface area contributed by atoms with Gasteiger partial charge in [0.05, 0.1) is 11.4 Å². The third-order valence-electron chi connectivity index (χ3n) is 11.0. The average molecular weight is 731 g/mol. The van der Waals surface area contributed by atoms with E-state index < -0.39 is 0 Å². The molecule has 0 N–H and O–H groups in total. The van der Waals surface area contributed by atoms with Crippen LogP contribution in [0.15, 0.2) is 192 Å². The van der Waals surface area contributed by atoms with Crippen LogP contribution in [0.25, 0.3) is 89.5 Å². The number of aromatic nitrogens is 3. The summed E-state index contributed by atoms with van der Waals surface area (Å²) in [5.74, 6) is 1.88. The molecule has 5 heteroatoms. The van der Waals surface area contributed by atoms with E-state index in [4.69, 9.17) is 19.4 Å². The Morgan fingerprint density at radius 1 is 0.386 bits per heavy atom. The van der Waals surface area contributed by atoms with Crippen LogP contribution < -0.4 is 4.90 Å². The SMILES string of the molecule is Cc1ccccc1N1c2ccc(-c3nc(-c4ccccc4)nc(-c4ccccc4)n3)cc2-c2ccccc2-c2cccc(-c3cccc4oc5ccccc5c34)c21. The van der Waals surface area contributed by atoms with Gasteiger partial charge >= 0.3 is 0 Å². The molecule has 0 saturated carbocycles. The highest BCUT2D eigenvalue weighted by Gasteiger charge is 2.30. The molecule has 0 saturated heterocycles. The van der Waals surface area contributed by atoms with Gasteiger partial charge in [-0.15, -0.1) is 0 Å². The molecule has 0 atom stereocenters. The summed E-state index contributed by atoms with van der Waals surface area (Å²) >= 11 is 0. The van der Waals surface area contributed by atoms with Crippen molar-refractivity contribution in [2.24, 2.45) is 0 Å². The minimum atomic E-state index is 0.617. The Balaban J connectivity index is 1.19. The molecule has 0 bridgehead atoms. The summed E-state index contributed by atoms with van der Waals surface area (Å²) in [5.41, 5.74) is 15.8. The molecular formula is C52H34N4O. The summed E-state index contributed by atoms with van der Waals surface area (Å²) in [4.78, 5) is 17.7. The fourth-order valence-corrected chi connectivity index (χ4v) is 8.38. The summed E-state index contributed by atoms with van der Waals surface area (Å²) in [6, 6.07) is 65.7. The molecule has 0 fully saturated rings. The van der Waals surface area contributed by atoms with Crippen LogP contribution in [0, 0.1) is 6.92 Å². The van der Waals surface area contributed by atoms with Crippen LogP contribution in [0.4, 0.5) is 17.1 Å². The van der Waals surface area contributed by atoms with Gasteiger partial charge in [0.15, 0.2) is 17.5 Å². The first kappa shape index (κ1) is 32.8. The number of hydrogen-bond acceptors (Lipinski definition) is 5. The molecule has 10 aromatic rings. The molecule has 1 aliphatic heterocycles. The van der Waals surface area contributed by atoms with Crippen LogP contribution in [0.1, 0.15) is 5.56 Å². The fourth-order valence-electron chi connectivity index (χ4n) is 8.38. The van der Waals surface area contributed by atoms with Gasteiger partial charge in [-0.05, 0) is 65.6 Å². The highest BCUT2D eigenvalue weighted by Crippen LogP contribution is 2.55. The third-order valence-corrected chi connectivity index (χ3v) is 11.0. The van der Waals surface area contributed by atoms with Crippen LogP contribution in [-0.4, -0.2) is 15.0 Å². The number of aryl methyl sites for hydroxylation is 1. The lowest BCUT2D eigenvalue weighted by Crippen LogP contribution is -2.13. The number of fused-ring (bicyclic) bond motifs is 8. The Bertz CT molecular complexity index is 3090. The van der Waals surface area contributed by atoms with Crippen molar-refractivity contribution >= 4 is 39.0 Å². The van der Waals surface area contributed by atoms with Crippen LogP contribution in [-0.2, 0) is 0 Å². The van der Waals surface area contributed by atoms with Crippen LogP contribution in [0.3, 0.4) is 0 Å². The number of furan rings is 1. The first-order valence-corrected chi connectivity index (χ1v) is 19.2. The Morgan fingerprint density at radius 2 is 0.912 bits per heavy atom. The van der Waals surface area contributed by atoms with Crippen LogP contribution in [0.2, 0.25) is 0 Å². The van der Waals surface area contributed by atoms with E-state index in [1.165, 1.54) is 5.56 Å². The molecule has 8 aromatic carbocycles. The molecule has 5 nitrogen and oxygen atoms in total. The zero-order chi connectivity index (χ0) is 37.9. The molecule has 0 radical (unpaired) electrons. The normalized spacial score (nSPS) is 11.9. The van der Waals surface area contributed by atoms with Crippen molar-refractivity contribution in [3.8, 4) is 67.5 Å². The number of anilines is 3. The second-order valence-corrected chi connectivity index (χ2v) is 14.4. The summed E-state index contributed by atoms with van der Waals surface area (Å²) < 4.78 is 6.42. The molecular weight excluding hydrogens is 697 g/mol.